The minimum Gasteiger partial charge on any atom is -0.336 e. The van der Waals surface area contributed by atoms with Crippen molar-refractivity contribution in [2.24, 2.45) is 0 Å². The minimum absolute atomic E-state index is 0.999. The Balaban J connectivity index is 2.20. The summed E-state index contributed by atoms with van der Waals surface area (Å²) in [5, 5.41) is 1.02. The van der Waals surface area contributed by atoms with Crippen molar-refractivity contribution in [2.45, 2.75) is 11.6 Å². The number of H-pyrrole nitrogens is 1. The zero-order chi connectivity index (χ0) is 9.54. The van der Waals surface area contributed by atoms with E-state index >= 15 is 0 Å². The summed E-state index contributed by atoms with van der Waals surface area (Å²) in [5.41, 5.74) is 5.08. The number of rotatable bonds is 1. The summed E-state index contributed by atoms with van der Waals surface area (Å²) in [4.78, 5) is 7.90. The second-order valence-corrected chi connectivity index (χ2v) is 4.20. The van der Waals surface area contributed by atoms with Crippen LogP contribution in [-0.2, 0) is 6.42 Å². The predicted molar refractivity (Wildman–Crippen MR) is 58.6 cm³/mol. The van der Waals surface area contributed by atoms with Gasteiger partial charge < -0.3 is 4.98 Å². The molecule has 1 aromatic heterocycles. The Bertz CT molecular complexity index is 488. The molecule has 1 aliphatic carbocycles. The van der Waals surface area contributed by atoms with Crippen LogP contribution in [0.3, 0.4) is 0 Å². The van der Waals surface area contributed by atoms with Crippen molar-refractivity contribution in [2.75, 3.05) is 6.26 Å². The van der Waals surface area contributed by atoms with Gasteiger partial charge in [0.2, 0.25) is 0 Å². The van der Waals surface area contributed by atoms with Gasteiger partial charge >= 0.3 is 0 Å². The molecule has 0 aliphatic heterocycles. The molecule has 1 aliphatic rings. The summed E-state index contributed by atoms with van der Waals surface area (Å²) in [6.07, 6.45) is 3.04. The Labute approximate surface area is 86.8 Å². The molecule has 14 heavy (non-hydrogen) atoms. The van der Waals surface area contributed by atoms with Crippen LogP contribution in [0, 0.1) is 0 Å². The molecule has 0 fully saturated rings. The van der Waals surface area contributed by atoms with Gasteiger partial charge in [0.1, 0.15) is 0 Å². The maximum Gasteiger partial charge on any atom is 0.165 e. The van der Waals surface area contributed by atoms with Gasteiger partial charge in [-0.1, -0.05) is 36.0 Å². The van der Waals surface area contributed by atoms with Crippen LogP contribution in [0.5, 0.6) is 0 Å². The molecule has 70 valence electrons. The van der Waals surface area contributed by atoms with Crippen molar-refractivity contribution in [3.05, 3.63) is 35.5 Å². The zero-order valence-corrected chi connectivity index (χ0v) is 8.69. The maximum atomic E-state index is 4.56. The monoisotopic (exact) mass is 202 g/mol. The van der Waals surface area contributed by atoms with Crippen LogP contribution in [0.15, 0.2) is 29.4 Å². The molecular formula is C11H10N2S. The molecule has 1 N–H and O–H groups in total. The average Bonchev–Trinajstić information content (AvgIpc) is 2.73. The highest BCUT2D eigenvalue weighted by Gasteiger charge is 2.21. The van der Waals surface area contributed by atoms with Crippen molar-refractivity contribution >= 4 is 11.8 Å². The van der Waals surface area contributed by atoms with Crippen LogP contribution < -0.4 is 0 Å². The van der Waals surface area contributed by atoms with Crippen LogP contribution in [0.2, 0.25) is 0 Å². The van der Waals surface area contributed by atoms with Crippen molar-refractivity contribution in [1.82, 2.24) is 9.97 Å². The second-order valence-electron chi connectivity index (χ2n) is 3.41. The van der Waals surface area contributed by atoms with Crippen LogP contribution >= 0.6 is 11.8 Å². The first-order valence-electron chi connectivity index (χ1n) is 4.59. The number of aromatic nitrogens is 2. The Hall–Kier alpha value is -1.22. The van der Waals surface area contributed by atoms with E-state index in [1.54, 1.807) is 11.8 Å². The van der Waals surface area contributed by atoms with Crippen LogP contribution in [0.1, 0.15) is 11.3 Å². The van der Waals surface area contributed by atoms with E-state index < -0.39 is 0 Å². The Morgan fingerprint density at radius 1 is 1.36 bits per heavy atom. The molecule has 0 saturated carbocycles. The number of hydrogen-bond acceptors (Lipinski definition) is 2. The highest BCUT2D eigenvalue weighted by Crippen LogP contribution is 2.35. The number of thioether (sulfide) groups is 1. The third-order valence-electron chi connectivity index (χ3n) is 2.59. The summed E-state index contributed by atoms with van der Waals surface area (Å²) in [5.74, 6) is 0. The molecule has 1 heterocycles. The smallest absolute Gasteiger partial charge is 0.165 e. The topological polar surface area (TPSA) is 28.7 Å². The molecule has 2 nitrogen and oxygen atoms in total. The Morgan fingerprint density at radius 3 is 3.07 bits per heavy atom. The number of nitrogens with one attached hydrogen (secondary N) is 1. The van der Waals surface area contributed by atoms with Crippen LogP contribution in [0.4, 0.5) is 0 Å². The molecule has 2 aromatic rings. The van der Waals surface area contributed by atoms with E-state index in [0.717, 1.165) is 17.3 Å². The summed E-state index contributed by atoms with van der Waals surface area (Å²) in [6, 6.07) is 8.47. The van der Waals surface area contributed by atoms with E-state index in [2.05, 4.69) is 34.2 Å². The lowest BCUT2D eigenvalue weighted by Gasteiger charge is -1.96. The highest BCUT2D eigenvalue weighted by molar-refractivity contribution is 7.98. The number of hydrogen-bond donors (Lipinski definition) is 1. The maximum absolute atomic E-state index is 4.56. The van der Waals surface area contributed by atoms with Gasteiger partial charge in [-0.3, -0.25) is 0 Å². The molecule has 3 heteroatoms. The van der Waals surface area contributed by atoms with E-state index in [4.69, 9.17) is 0 Å². The predicted octanol–water partition coefficient (Wildman–Crippen LogP) is 2.70. The molecule has 0 unspecified atom stereocenters. The first-order chi connectivity index (χ1) is 6.88. The molecule has 0 bridgehead atoms. The number of nitrogens with zero attached hydrogens (tertiary/aromatic N) is 1. The fourth-order valence-corrected chi connectivity index (χ4v) is 2.34. The normalized spacial score (nSPS) is 12.6. The molecular weight excluding hydrogens is 192 g/mol. The molecule has 0 radical (unpaired) electrons. The molecule has 0 spiro atoms. The van der Waals surface area contributed by atoms with Gasteiger partial charge in [0.05, 0.1) is 5.69 Å². The fourth-order valence-electron chi connectivity index (χ4n) is 1.93. The van der Waals surface area contributed by atoms with Crippen molar-refractivity contribution < 1.29 is 0 Å². The highest BCUT2D eigenvalue weighted by atomic mass is 32.2. The van der Waals surface area contributed by atoms with Crippen molar-refractivity contribution in [1.29, 1.82) is 0 Å². The van der Waals surface area contributed by atoms with E-state index in [1.807, 2.05) is 6.26 Å². The first-order valence-corrected chi connectivity index (χ1v) is 5.82. The lowest BCUT2D eigenvalue weighted by atomic mass is 10.1. The summed E-state index contributed by atoms with van der Waals surface area (Å²) in [7, 11) is 0. The summed E-state index contributed by atoms with van der Waals surface area (Å²) < 4.78 is 0. The van der Waals surface area contributed by atoms with Gasteiger partial charge in [-0.2, -0.15) is 0 Å². The molecule has 0 amide bonds. The van der Waals surface area contributed by atoms with E-state index in [1.165, 1.54) is 16.8 Å². The third-order valence-corrected chi connectivity index (χ3v) is 3.17. The number of benzene rings is 1. The standard InChI is InChI=1S/C11H10N2S/c1-14-11-12-9-6-7-4-2-3-5-8(7)10(9)13-11/h2-5H,6H2,1H3,(H,12,13). The quantitative estimate of drug-likeness (QED) is 0.615. The number of fused-ring (bicyclic) bond motifs is 3. The lowest BCUT2D eigenvalue weighted by molar-refractivity contribution is 1.01. The average molecular weight is 202 g/mol. The molecule has 3 rings (SSSR count). The lowest BCUT2D eigenvalue weighted by Crippen LogP contribution is -1.83. The second kappa shape index (κ2) is 2.89. The van der Waals surface area contributed by atoms with Gasteiger partial charge in [0.25, 0.3) is 0 Å². The number of imidazole rings is 1. The fraction of sp³-hybridized carbons (Fsp3) is 0.182. The van der Waals surface area contributed by atoms with Crippen LogP contribution in [-0.4, -0.2) is 16.2 Å². The van der Waals surface area contributed by atoms with Crippen LogP contribution in [0.25, 0.3) is 11.3 Å². The Morgan fingerprint density at radius 2 is 2.21 bits per heavy atom. The van der Waals surface area contributed by atoms with E-state index in [-0.39, 0.29) is 0 Å². The van der Waals surface area contributed by atoms with Gasteiger partial charge in [0, 0.05) is 17.7 Å². The minimum atomic E-state index is 0.999. The first kappa shape index (κ1) is 8.12. The van der Waals surface area contributed by atoms with Crippen molar-refractivity contribution in [3.8, 4) is 11.3 Å². The van der Waals surface area contributed by atoms with E-state index in [0.29, 0.717) is 0 Å². The SMILES string of the molecule is CSc1nc2c([nH]1)Cc1ccccc1-2. The largest absolute Gasteiger partial charge is 0.336 e. The summed E-state index contributed by atoms with van der Waals surface area (Å²) in [6.45, 7) is 0. The van der Waals surface area contributed by atoms with E-state index in [9.17, 15) is 0 Å². The summed E-state index contributed by atoms with van der Waals surface area (Å²) >= 11 is 1.66. The third kappa shape index (κ3) is 1.02. The van der Waals surface area contributed by atoms with Gasteiger partial charge in [-0.15, -0.1) is 0 Å². The van der Waals surface area contributed by atoms with Gasteiger partial charge in [0.15, 0.2) is 5.16 Å². The molecule has 0 atom stereocenters. The Kier molecular flexibility index (Phi) is 1.67. The molecule has 1 aromatic carbocycles. The molecule has 0 saturated heterocycles. The van der Waals surface area contributed by atoms with Gasteiger partial charge in [-0.25, -0.2) is 4.98 Å². The van der Waals surface area contributed by atoms with Gasteiger partial charge in [-0.05, 0) is 11.8 Å². The zero-order valence-electron chi connectivity index (χ0n) is 7.87. The number of aromatic amines is 1. The van der Waals surface area contributed by atoms with Crippen molar-refractivity contribution in [3.63, 3.8) is 0 Å².